The predicted molar refractivity (Wildman–Crippen MR) is 128 cm³/mol. The van der Waals surface area contributed by atoms with E-state index in [4.69, 9.17) is 4.74 Å². The Morgan fingerprint density at radius 1 is 0.970 bits per heavy atom. The molecule has 2 unspecified atom stereocenters. The Morgan fingerprint density at radius 2 is 1.67 bits per heavy atom. The molecule has 5 heteroatoms. The minimum atomic E-state index is -0.219. The summed E-state index contributed by atoms with van der Waals surface area (Å²) in [6, 6.07) is 25.0. The summed E-state index contributed by atoms with van der Waals surface area (Å²) >= 11 is 0. The third-order valence-electron chi connectivity index (χ3n) is 6.49. The number of methoxy groups -OCH3 is 1. The molecular weight excluding hydrogens is 415 g/mol. The van der Waals surface area contributed by atoms with Crippen molar-refractivity contribution in [2.75, 3.05) is 26.7 Å². The summed E-state index contributed by atoms with van der Waals surface area (Å²) in [4.78, 5) is 16.9. The highest BCUT2D eigenvalue weighted by Gasteiger charge is 2.36. The molecule has 1 heterocycles. The van der Waals surface area contributed by atoms with E-state index in [1.54, 1.807) is 14.0 Å². The summed E-state index contributed by atoms with van der Waals surface area (Å²) in [7, 11) is 1.70. The largest absolute Gasteiger partial charge is 0.496 e. The van der Waals surface area contributed by atoms with Crippen LogP contribution in [0.1, 0.15) is 29.5 Å². The third kappa shape index (κ3) is 5.79. The van der Waals surface area contributed by atoms with Crippen LogP contribution in [0.2, 0.25) is 0 Å². The van der Waals surface area contributed by atoms with Gasteiger partial charge in [0.25, 0.3) is 0 Å². The average Bonchev–Trinajstić information content (AvgIpc) is 3.22. The number of likely N-dealkylation sites (tertiary alicyclic amines) is 1. The number of amides is 1. The van der Waals surface area contributed by atoms with Gasteiger partial charge in [0.15, 0.2) is 0 Å². The number of hydrogen-bond donors (Lipinski definition) is 0. The van der Waals surface area contributed by atoms with Crippen LogP contribution in [0.3, 0.4) is 0 Å². The lowest BCUT2D eigenvalue weighted by Gasteiger charge is -2.28. The van der Waals surface area contributed by atoms with Crippen LogP contribution in [0.15, 0.2) is 78.9 Å². The van der Waals surface area contributed by atoms with Gasteiger partial charge >= 0.3 is 0 Å². The summed E-state index contributed by atoms with van der Waals surface area (Å²) in [5.41, 5.74) is 3.39. The van der Waals surface area contributed by atoms with Crippen LogP contribution in [0.4, 0.5) is 4.39 Å². The van der Waals surface area contributed by atoms with Crippen LogP contribution in [0.5, 0.6) is 5.75 Å². The van der Waals surface area contributed by atoms with Crippen molar-refractivity contribution in [1.29, 1.82) is 0 Å². The van der Waals surface area contributed by atoms with E-state index in [1.165, 1.54) is 17.7 Å². The Balaban J connectivity index is 1.57. The number of carbonyl (C=O) groups is 1. The number of hydrogen-bond acceptors (Lipinski definition) is 3. The summed E-state index contributed by atoms with van der Waals surface area (Å²) in [6.45, 7) is 5.39. The zero-order valence-corrected chi connectivity index (χ0v) is 19.3. The standard InChI is InChI=1S/C28H31FN2O2/c1-21(32)31(17-22-8-4-3-5-9-22)19-24-18-30(16-23-12-14-25(29)15-13-23)20-27(24)26-10-6-7-11-28(26)33-2/h3-15,24,27H,16-20H2,1-2H3. The molecule has 1 amide bonds. The summed E-state index contributed by atoms with van der Waals surface area (Å²) in [5.74, 6) is 1.24. The molecule has 3 aromatic carbocycles. The van der Waals surface area contributed by atoms with Gasteiger partial charge in [-0.2, -0.15) is 0 Å². The zero-order valence-electron chi connectivity index (χ0n) is 19.3. The number of nitrogens with zero attached hydrogens (tertiary/aromatic N) is 2. The zero-order chi connectivity index (χ0) is 23.2. The Hall–Kier alpha value is -3.18. The van der Waals surface area contributed by atoms with E-state index in [0.717, 1.165) is 36.5 Å². The van der Waals surface area contributed by atoms with Gasteiger partial charge in [0.2, 0.25) is 5.91 Å². The van der Waals surface area contributed by atoms with Gasteiger partial charge in [-0.1, -0.05) is 60.7 Å². The number of benzene rings is 3. The minimum absolute atomic E-state index is 0.0783. The Bertz CT molecular complexity index is 1060. The fourth-order valence-corrected chi connectivity index (χ4v) is 4.84. The monoisotopic (exact) mass is 446 g/mol. The molecule has 1 saturated heterocycles. The quantitative estimate of drug-likeness (QED) is 0.483. The van der Waals surface area contributed by atoms with E-state index in [0.29, 0.717) is 13.1 Å². The van der Waals surface area contributed by atoms with Crippen molar-refractivity contribution in [2.24, 2.45) is 5.92 Å². The number of halogens is 1. The molecule has 4 rings (SSSR count). The van der Waals surface area contributed by atoms with Crippen molar-refractivity contribution in [3.05, 3.63) is 101 Å². The second-order valence-corrected chi connectivity index (χ2v) is 8.81. The van der Waals surface area contributed by atoms with Crippen LogP contribution in [0.25, 0.3) is 0 Å². The fourth-order valence-electron chi connectivity index (χ4n) is 4.84. The van der Waals surface area contributed by atoms with Crippen molar-refractivity contribution in [3.63, 3.8) is 0 Å². The molecule has 0 N–H and O–H groups in total. The number of para-hydroxylation sites is 1. The van der Waals surface area contributed by atoms with Crippen LogP contribution < -0.4 is 4.74 Å². The van der Waals surface area contributed by atoms with Crippen molar-refractivity contribution >= 4 is 5.91 Å². The normalized spacial score (nSPS) is 18.3. The highest BCUT2D eigenvalue weighted by atomic mass is 19.1. The second kappa shape index (κ2) is 10.6. The molecule has 172 valence electrons. The Labute approximate surface area is 195 Å². The van der Waals surface area contributed by atoms with Gasteiger partial charge < -0.3 is 9.64 Å². The van der Waals surface area contributed by atoms with Crippen molar-refractivity contribution in [2.45, 2.75) is 25.9 Å². The summed E-state index contributed by atoms with van der Waals surface area (Å²) < 4.78 is 19.0. The van der Waals surface area contributed by atoms with Crippen LogP contribution >= 0.6 is 0 Å². The first-order valence-corrected chi connectivity index (χ1v) is 11.4. The van der Waals surface area contributed by atoms with E-state index in [2.05, 4.69) is 23.1 Å². The van der Waals surface area contributed by atoms with Gasteiger partial charge in [-0.15, -0.1) is 0 Å². The van der Waals surface area contributed by atoms with E-state index in [1.807, 2.05) is 53.4 Å². The van der Waals surface area contributed by atoms with Crippen molar-refractivity contribution in [3.8, 4) is 5.75 Å². The first kappa shape index (κ1) is 23.0. The third-order valence-corrected chi connectivity index (χ3v) is 6.49. The molecule has 4 nitrogen and oxygen atoms in total. The maximum absolute atomic E-state index is 13.4. The van der Waals surface area contributed by atoms with Gasteiger partial charge in [0, 0.05) is 45.6 Å². The van der Waals surface area contributed by atoms with Gasteiger partial charge in [0.1, 0.15) is 11.6 Å². The first-order chi connectivity index (χ1) is 16.0. The highest BCUT2D eigenvalue weighted by Crippen LogP contribution is 2.38. The molecule has 1 aliphatic heterocycles. The summed E-state index contributed by atoms with van der Waals surface area (Å²) in [6.07, 6.45) is 0. The molecule has 33 heavy (non-hydrogen) atoms. The Morgan fingerprint density at radius 3 is 2.36 bits per heavy atom. The lowest BCUT2D eigenvalue weighted by Crippen LogP contribution is -2.35. The molecule has 1 fully saturated rings. The van der Waals surface area contributed by atoms with E-state index in [-0.39, 0.29) is 23.6 Å². The first-order valence-electron chi connectivity index (χ1n) is 11.4. The minimum Gasteiger partial charge on any atom is -0.496 e. The Kier molecular flexibility index (Phi) is 7.40. The van der Waals surface area contributed by atoms with Crippen molar-refractivity contribution in [1.82, 2.24) is 9.80 Å². The summed E-state index contributed by atoms with van der Waals surface area (Å²) in [5, 5.41) is 0. The van der Waals surface area contributed by atoms with Gasteiger partial charge in [-0.05, 0) is 40.8 Å². The molecule has 0 aromatic heterocycles. The second-order valence-electron chi connectivity index (χ2n) is 8.81. The molecule has 0 spiro atoms. The van der Waals surface area contributed by atoms with Gasteiger partial charge in [-0.25, -0.2) is 4.39 Å². The van der Waals surface area contributed by atoms with Crippen LogP contribution in [0, 0.1) is 11.7 Å². The maximum Gasteiger partial charge on any atom is 0.219 e. The molecule has 0 bridgehead atoms. The molecule has 1 aliphatic rings. The predicted octanol–water partition coefficient (Wildman–Crippen LogP) is 5.10. The van der Waals surface area contributed by atoms with E-state index >= 15 is 0 Å². The van der Waals surface area contributed by atoms with E-state index in [9.17, 15) is 9.18 Å². The molecule has 0 radical (unpaired) electrons. The lowest BCUT2D eigenvalue weighted by molar-refractivity contribution is -0.130. The van der Waals surface area contributed by atoms with Crippen LogP contribution in [-0.2, 0) is 17.9 Å². The fraction of sp³-hybridized carbons (Fsp3) is 0.321. The lowest BCUT2D eigenvalue weighted by atomic mass is 9.87. The number of rotatable bonds is 8. The molecular formula is C28H31FN2O2. The molecule has 0 aliphatic carbocycles. The van der Waals surface area contributed by atoms with Gasteiger partial charge in [-0.3, -0.25) is 9.69 Å². The molecule has 0 saturated carbocycles. The topological polar surface area (TPSA) is 32.8 Å². The van der Waals surface area contributed by atoms with Crippen molar-refractivity contribution < 1.29 is 13.9 Å². The number of ether oxygens (including phenoxy) is 1. The van der Waals surface area contributed by atoms with Crippen LogP contribution in [-0.4, -0.2) is 42.5 Å². The van der Waals surface area contributed by atoms with Gasteiger partial charge in [0.05, 0.1) is 7.11 Å². The number of carbonyl (C=O) groups excluding carboxylic acids is 1. The molecule has 2 atom stereocenters. The smallest absolute Gasteiger partial charge is 0.219 e. The van der Waals surface area contributed by atoms with E-state index < -0.39 is 0 Å². The maximum atomic E-state index is 13.4. The molecule has 3 aromatic rings. The average molecular weight is 447 g/mol. The SMILES string of the molecule is COc1ccccc1C1CN(Cc2ccc(F)cc2)CC1CN(Cc1ccccc1)C(C)=O. The highest BCUT2D eigenvalue weighted by molar-refractivity contribution is 5.73.